The molecule has 3 N–H and O–H groups in total. The van der Waals surface area contributed by atoms with Crippen LogP contribution in [-0.2, 0) is 29.1 Å². The van der Waals surface area contributed by atoms with Gasteiger partial charge in [0.05, 0.1) is 31.4 Å². The molecule has 3 amide bonds. The molecule has 240 valence electrons. The van der Waals surface area contributed by atoms with Gasteiger partial charge in [0.15, 0.2) is 0 Å². The molecule has 45 heavy (non-hydrogen) atoms. The summed E-state index contributed by atoms with van der Waals surface area (Å²) in [5, 5.41) is 17.9. The number of nitrogens with one attached hydrogen (secondary N) is 2. The van der Waals surface area contributed by atoms with E-state index >= 15 is 0 Å². The monoisotopic (exact) mass is 620 g/mol. The van der Waals surface area contributed by atoms with Gasteiger partial charge in [-0.1, -0.05) is 74.0 Å². The van der Waals surface area contributed by atoms with Gasteiger partial charge in [0.2, 0.25) is 5.91 Å². The van der Waals surface area contributed by atoms with Crippen LogP contribution >= 0.6 is 0 Å². The number of aliphatic hydroxyl groups is 1. The lowest BCUT2D eigenvalue weighted by Crippen LogP contribution is -2.56. The molecule has 0 bridgehead atoms. The van der Waals surface area contributed by atoms with Crippen molar-refractivity contribution in [3.63, 3.8) is 0 Å². The zero-order valence-electron chi connectivity index (χ0n) is 25.6. The summed E-state index contributed by atoms with van der Waals surface area (Å²) in [5.74, 6) is -1.89. The summed E-state index contributed by atoms with van der Waals surface area (Å²) in [6.45, 7) is 4.00. The van der Waals surface area contributed by atoms with E-state index in [1.165, 1.54) is 12.1 Å². The Morgan fingerprint density at radius 3 is 2.36 bits per heavy atom. The summed E-state index contributed by atoms with van der Waals surface area (Å²) in [5.41, 5.74) is 2.24. The summed E-state index contributed by atoms with van der Waals surface area (Å²) in [7, 11) is 0. The van der Waals surface area contributed by atoms with Crippen molar-refractivity contribution >= 4 is 11.9 Å². The van der Waals surface area contributed by atoms with Crippen molar-refractivity contribution in [3.05, 3.63) is 107 Å². The second-order valence-electron chi connectivity index (χ2n) is 12.0. The normalized spacial score (nSPS) is 21.2. The summed E-state index contributed by atoms with van der Waals surface area (Å²) < 4.78 is 34.4. The van der Waals surface area contributed by atoms with E-state index in [1.807, 2.05) is 67.6 Å². The van der Waals surface area contributed by atoms with Gasteiger partial charge in [0.25, 0.3) is 0 Å². The predicted octanol–water partition coefficient (Wildman–Crippen LogP) is 4.41. The molecule has 10 heteroatoms. The first-order chi connectivity index (χ1) is 21.8. The number of amides is 3. The zero-order valence-corrected chi connectivity index (χ0v) is 25.6. The number of hydrogen-bond acceptors (Lipinski definition) is 5. The van der Waals surface area contributed by atoms with Crippen LogP contribution in [0.25, 0.3) is 0 Å². The first-order valence-corrected chi connectivity index (χ1v) is 15.7. The van der Waals surface area contributed by atoms with Crippen LogP contribution in [0.1, 0.15) is 42.9 Å². The first kappa shape index (κ1) is 32.5. The van der Waals surface area contributed by atoms with Gasteiger partial charge in [-0.25, -0.2) is 13.6 Å². The molecular formula is C35H42F2N4O4. The van der Waals surface area contributed by atoms with Gasteiger partial charge in [-0.3, -0.25) is 4.79 Å². The Morgan fingerprint density at radius 1 is 1.02 bits per heavy atom. The van der Waals surface area contributed by atoms with Gasteiger partial charge in [-0.05, 0) is 48.1 Å². The van der Waals surface area contributed by atoms with E-state index in [9.17, 15) is 23.5 Å². The van der Waals surface area contributed by atoms with E-state index in [0.29, 0.717) is 31.7 Å². The number of benzene rings is 3. The molecule has 3 aromatic carbocycles. The van der Waals surface area contributed by atoms with E-state index in [1.54, 1.807) is 9.80 Å². The van der Waals surface area contributed by atoms with E-state index in [0.717, 1.165) is 30.0 Å². The van der Waals surface area contributed by atoms with Crippen LogP contribution < -0.4 is 10.6 Å². The molecule has 0 aliphatic carbocycles. The summed E-state index contributed by atoms with van der Waals surface area (Å²) in [6, 6.07) is 20.1. The van der Waals surface area contributed by atoms with Gasteiger partial charge in [0.1, 0.15) is 17.7 Å². The second kappa shape index (κ2) is 15.4. The smallest absolute Gasteiger partial charge is 0.321 e. The lowest BCUT2D eigenvalue weighted by Gasteiger charge is -2.31. The van der Waals surface area contributed by atoms with Crippen LogP contribution in [0.3, 0.4) is 0 Å². The van der Waals surface area contributed by atoms with Crippen molar-refractivity contribution in [2.75, 3.05) is 19.6 Å². The van der Waals surface area contributed by atoms with Crippen LogP contribution in [0.15, 0.2) is 78.9 Å². The quantitative estimate of drug-likeness (QED) is 0.248. The van der Waals surface area contributed by atoms with Crippen LogP contribution in [0.4, 0.5) is 13.6 Å². The van der Waals surface area contributed by atoms with E-state index in [4.69, 9.17) is 4.74 Å². The minimum Gasteiger partial charge on any atom is -0.389 e. The van der Waals surface area contributed by atoms with Gasteiger partial charge < -0.3 is 30.3 Å². The third kappa shape index (κ3) is 8.65. The van der Waals surface area contributed by atoms with Crippen molar-refractivity contribution in [2.45, 2.75) is 76.1 Å². The number of rotatable bonds is 14. The number of aliphatic hydroxyl groups excluding tert-OH is 1. The molecule has 0 radical (unpaired) electrons. The molecule has 2 fully saturated rings. The highest BCUT2D eigenvalue weighted by Gasteiger charge is 2.43. The number of urea groups is 1. The molecule has 0 saturated carbocycles. The fourth-order valence-electron chi connectivity index (χ4n) is 6.13. The fraction of sp³-hybridized carbons (Fsp3) is 0.429. The number of hydrogen-bond donors (Lipinski definition) is 3. The Hall–Kier alpha value is -3.86. The van der Waals surface area contributed by atoms with Crippen LogP contribution in [0, 0.1) is 11.6 Å². The van der Waals surface area contributed by atoms with E-state index in [2.05, 4.69) is 10.6 Å². The maximum atomic E-state index is 14.1. The molecule has 8 nitrogen and oxygen atoms in total. The molecule has 1 unspecified atom stereocenters. The highest BCUT2D eigenvalue weighted by atomic mass is 19.1. The minimum atomic E-state index is -1.10. The highest BCUT2D eigenvalue weighted by Crippen LogP contribution is 2.23. The molecule has 2 heterocycles. The Kier molecular flexibility index (Phi) is 11.2. The van der Waals surface area contributed by atoms with E-state index in [-0.39, 0.29) is 31.6 Å². The molecule has 0 spiro atoms. The van der Waals surface area contributed by atoms with Crippen molar-refractivity contribution in [1.29, 1.82) is 0 Å². The molecule has 2 saturated heterocycles. The second-order valence-corrected chi connectivity index (χ2v) is 12.0. The zero-order chi connectivity index (χ0) is 31.8. The number of carbonyl (C=O) groups excluding carboxylic acids is 2. The number of ether oxygens (including phenoxy) is 1. The van der Waals surface area contributed by atoms with Crippen molar-refractivity contribution < 1.29 is 28.2 Å². The summed E-state index contributed by atoms with van der Waals surface area (Å²) >= 11 is 0. The molecule has 0 aromatic heterocycles. The number of nitrogens with zero attached hydrogens (tertiary/aromatic N) is 2. The Balaban J connectivity index is 1.32. The summed E-state index contributed by atoms with van der Waals surface area (Å²) in [6.07, 6.45) is 0.948. The Bertz CT molecular complexity index is 1390. The maximum Gasteiger partial charge on any atom is 0.321 e. The Labute approximate surface area is 263 Å². The van der Waals surface area contributed by atoms with Crippen LogP contribution in [0.5, 0.6) is 0 Å². The van der Waals surface area contributed by atoms with Crippen molar-refractivity contribution in [2.24, 2.45) is 0 Å². The standard InChI is InChI=1S/C35H42F2N4O4/c1-2-3-14-40-22-32(41(35(40)44)21-24-10-6-4-7-11-24)34(43)39-31(17-26-15-27(36)18-28(37)16-26)33(42)30-19-29(20-38-30)45-23-25-12-8-5-9-13-25/h4-13,15-16,18,29-33,38,42H,2-3,14,17,19-23H2,1H3,(H,39,43)/t29-,30-,31+,32?,33-/m1/s1. The molecule has 5 atom stereocenters. The number of unbranched alkanes of at least 4 members (excludes halogenated alkanes) is 1. The minimum absolute atomic E-state index is 0.00575. The number of carbonyl (C=O) groups is 2. The average Bonchev–Trinajstić information content (AvgIpc) is 3.63. The Morgan fingerprint density at radius 2 is 1.69 bits per heavy atom. The largest absolute Gasteiger partial charge is 0.389 e. The maximum absolute atomic E-state index is 14.1. The molecule has 3 aromatic rings. The lowest BCUT2D eigenvalue weighted by atomic mass is 9.94. The SMILES string of the molecule is CCCCN1CC(C(=O)N[C@@H](Cc2cc(F)cc(F)c2)[C@H](O)[C@H]2C[C@@H](OCc3ccccc3)CN2)N(Cc2ccccc2)C1=O. The van der Waals surface area contributed by atoms with Crippen molar-refractivity contribution in [3.8, 4) is 0 Å². The molecule has 5 rings (SSSR count). The first-order valence-electron chi connectivity index (χ1n) is 15.7. The fourth-order valence-corrected chi connectivity index (χ4v) is 6.13. The molecule has 2 aliphatic rings. The van der Waals surface area contributed by atoms with Crippen LogP contribution in [-0.4, -0.2) is 76.8 Å². The highest BCUT2D eigenvalue weighted by molar-refractivity contribution is 5.90. The predicted molar refractivity (Wildman–Crippen MR) is 167 cm³/mol. The van der Waals surface area contributed by atoms with Crippen LogP contribution in [0.2, 0.25) is 0 Å². The van der Waals surface area contributed by atoms with E-state index < -0.39 is 41.8 Å². The molecule has 2 aliphatic heterocycles. The third-order valence-electron chi connectivity index (χ3n) is 8.55. The average molecular weight is 621 g/mol. The van der Waals surface area contributed by atoms with Gasteiger partial charge in [-0.2, -0.15) is 0 Å². The topological polar surface area (TPSA) is 94.1 Å². The van der Waals surface area contributed by atoms with Gasteiger partial charge in [-0.15, -0.1) is 0 Å². The lowest BCUT2D eigenvalue weighted by molar-refractivity contribution is -0.126. The van der Waals surface area contributed by atoms with Crippen molar-refractivity contribution in [1.82, 2.24) is 20.4 Å². The van der Waals surface area contributed by atoms with Gasteiger partial charge in [0, 0.05) is 31.7 Å². The molecular weight excluding hydrogens is 578 g/mol. The van der Waals surface area contributed by atoms with Gasteiger partial charge >= 0.3 is 6.03 Å². The number of halogens is 2. The third-order valence-corrected chi connectivity index (χ3v) is 8.55. The summed E-state index contributed by atoms with van der Waals surface area (Å²) in [4.78, 5) is 30.6.